The Morgan fingerprint density at radius 1 is 0.929 bits per heavy atom. The van der Waals surface area contributed by atoms with Crippen molar-refractivity contribution in [1.29, 1.82) is 0 Å². The van der Waals surface area contributed by atoms with Gasteiger partial charge in [-0.25, -0.2) is 17.5 Å². The molecule has 2 aromatic rings. The molecular weight excluding hydrogens is 380 g/mol. The topological polar surface area (TPSA) is 91.6 Å². The second-order valence-electron chi connectivity index (χ2n) is 6.17. The lowest BCUT2D eigenvalue weighted by molar-refractivity contribution is 0.0572. The van der Waals surface area contributed by atoms with Gasteiger partial charge in [-0.05, 0) is 55.1 Å². The summed E-state index contributed by atoms with van der Waals surface area (Å²) in [6.07, 6.45) is 0.986. The minimum Gasteiger partial charge on any atom is -0.406 e. The predicted octanol–water partition coefficient (Wildman–Crippen LogP) is 3.69. The number of esters is 1. The normalized spacial score (nSPS) is 11.3. The Morgan fingerprint density at radius 2 is 1.39 bits per heavy atom. The van der Waals surface area contributed by atoms with Crippen LogP contribution in [0.1, 0.15) is 10.4 Å². The molecule has 0 aromatic heterocycles. The van der Waals surface area contributed by atoms with E-state index in [4.69, 9.17) is 4.74 Å². The summed E-state index contributed by atoms with van der Waals surface area (Å²) in [6.45, 7) is 3.45. The molecule has 0 saturated carbocycles. The third-order valence-electron chi connectivity index (χ3n) is 3.81. The van der Waals surface area contributed by atoms with Crippen molar-refractivity contribution in [2.45, 2.75) is 0 Å². The first-order valence-electron chi connectivity index (χ1n) is 8.22. The van der Waals surface area contributed by atoms with E-state index in [1.807, 2.05) is 43.3 Å². The standard InChI is InChI=1S/C19H22N4O4S/c1-14(23(4)28(5,25)26)27-19(24)15-6-8-16(9-7-15)20-21-17-10-12-18(13-11-17)22(2)3/h6-13H,1H2,2-5H3. The average Bonchev–Trinajstić information content (AvgIpc) is 2.65. The van der Waals surface area contributed by atoms with Crippen molar-refractivity contribution >= 4 is 33.1 Å². The lowest BCUT2D eigenvalue weighted by Gasteiger charge is -2.18. The Morgan fingerprint density at radius 3 is 1.82 bits per heavy atom. The van der Waals surface area contributed by atoms with Crippen LogP contribution in [0, 0.1) is 0 Å². The van der Waals surface area contributed by atoms with Gasteiger partial charge in [0.2, 0.25) is 15.9 Å². The minimum atomic E-state index is -3.55. The van der Waals surface area contributed by atoms with E-state index in [0.29, 0.717) is 11.4 Å². The van der Waals surface area contributed by atoms with E-state index < -0.39 is 16.0 Å². The van der Waals surface area contributed by atoms with Crippen molar-refractivity contribution < 1.29 is 17.9 Å². The van der Waals surface area contributed by atoms with Crippen LogP contribution in [-0.2, 0) is 14.8 Å². The van der Waals surface area contributed by atoms with Crippen molar-refractivity contribution in [2.75, 3.05) is 32.3 Å². The van der Waals surface area contributed by atoms with Gasteiger partial charge < -0.3 is 9.64 Å². The van der Waals surface area contributed by atoms with Crippen LogP contribution in [0.15, 0.2) is 71.2 Å². The second-order valence-corrected chi connectivity index (χ2v) is 8.19. The molecule has 0 atom stereocenters. The van der Waals surface area contributed by atoms with Gasteiger partial charge in [-0.15, -0.1) is 0 Å². The highest BCUT2D eigenvalue weighted by atomic mass is 32.2. The van der Waals surface area contributed by atoms with Crippen LogP contribution in [-0.4, -0.2) is 46.1 Å². The monoisotopic (exact) mass is 402 g/mol. The predicted molar refractivity (Wildman–Crippen MR) is 109 cm³/mol. The van der Waals surface area contributed by atoms with Gasteiger partial charge in [-0.1, -0.05) is 0 Å². The molecule has 148 valence electrons. The van der Waals surface area contributed by atoms with Crippen LogP contribution in [0.3, 0.4) is 0 Å². The molecule has 0 amide bonds. The smallest absolute Gasteiger partial charge is 0.344 e. The van der Waals surface area contributed by atoms with Gasteiger partial charge in [0.25, 0.3) is 0 Å². The number of carbonyl (C=O) groups excluding carboxylic acids is 1. The molecule has 0 fully saturated rings. The van der Waals surface area contributed by atoms with Crippen LogP contribution in [0.25, 0.3) is 0 Å². The number of ether oxygens (including phenoxy) is 1. The molecule has 0 aliphatic rings. The number of hydrogen-bond donors (Lipinski definition) is 0. The molecule has 0 aliphatic carbocycles. The molecule has 2 aromatic carbocycles. The fourth-order valence-electron chi connectivity index (χ4n) is 2.01. The summed E-state index contributed by atoms with van der Waals surface area (Å²) in [6, 6.07) is 13.8. The highest BCUT2D eigenvalue weighted by Crippen LogP contribution is 2.22. The summed E-state index contributed by atoms with van der Waals surface area (Å²) >= 11 is 0. The first kappa shape index (κ1) is 21.1. The lowest BCUT2D eigenvalue weighted by Crippen LogP contribution is -2.27. The van der Waals surface area contributed by atoms with E-state index in [0.717, 1.165) is 16.2 Å². The number of sulfonamides is 1. The van der Waals surface area contributed by atoms with E-state index in [-0.39, 0.29) is 11.4 Å². The highest BCUT2D eigenvalue weighted by molar-refractivity contribution is 7.88. The number of hydrogen-bond acceptors (Lipinski definition) is 7. The Bertz CT molecular complexity index is 982. The van der Waals surface area contributed by atoms with Crippen LogP contribution in [0.2, 0.25) is 0 Å². The fourth-order valence-corrected chi connectivity index (χ4v) is 2.42. The third kappa shape index (κ3) is 5.65. The minimum absolute atomic E-state index is 0.234. The summed E-state index contributed by atoms with van der Waals surface area (Å²) < 4.78 is 28.6. The van der Waals surface area contributed by atoms with E-state index >= 15 is 0 Å². The summed E-state index contributed by atoms with van der Waals surface area (Å²) in [4.78, 5) is 14.1. The summed E-state index contributed by atoms with van der Waals surface area (Å²) in [5, 5.41) is 8.28. The lowest BCUT2D eigenvalue weighted by atomic mass is 10.2. The summed E-state index contributed by atoms with van der Waals surface area (Å²) in [7, 11) is 1.61. The largest absolute Gasteiger partial charge is 0.406 e. The second kappa shape index (κ2) is 8.66. The molecule has 0 bridgehead atoms. The van der Waals surface area contributed by atoms with Crippen LogP contribution in [0.4, 0.5) is 17.1 Å². The number of nitrogens with zero attached hydrogens (tertiary/aromatic N) is 4. The van der Waals surface area contributed by atoms with Crippen molar-refractivity contribution in [1.82, 2.24) is 4.31 Å². The molecule has 0 unspecified atom stereocenters. The first-order valence-corrected chi connectivity index (χ1v) is 10.1. The first-order chi connectivity index (χ1) is 13.1. The van der Waals surface area contributed by atoms with Gasteiger partial charge in [0, 0.05) is 26.8 Å². The molecule has 0 N–H and O–H groups in total. The molecule has 8 nitrogen and oxygen atoms in total. The zero-order valence-electron chi connectivity index (χ0n) is 16.2. The number of carbonyl (C=O) groups is 1. The SMILES string of the molecule is C=C(OC(=O)c1ccc(N=Nc2ccc(N(C)C)cc2)cc1)N(C)S(C)(=O)=O. The van der Waals surface area contributed by atoms with E-state index in [9.17, 15) is 13.2 Å². The van der Waals surface area contributed by atoms with Crippen molar-refractivity contribution in [3.05, 3.63) is 66.6 Å². The molecule has 0 saturated heterocycles. The maximum absolute atomic E-state index is 12.1. The highest BCUT2D eigenvalue weighted by Gasteiger charge is 2.18. The van der Waals surface area contributed by atoms with Gasteiger partial charge in [-0.2, -0.15) is 10.2 Å². The third-order valence-corrected chi connectivity index (χ3v) is 5.01. The van der Waals surface area contributed by atoms with Crippen LogP contribution in [0.5, 0.6) is 0 Å². The molecular formula is C19H22N4O4S. The van der Waals surface area contributed by atoms with Gasteiger partial charge in [0.1, 0.15) is 0 Å². The van der Waals surface area contributed by atoms with Gasteiger partial charge in [0.15, 0.2) is 0 Å². The molecule has 0 heterocycles. The zero-order chi connectivity index (χ0) is 20.9. The number of benzene rings is 2. The Kier molecular flexibility index (Phi) is 6.53. The Hall–Kier alpha value is -3.20. The Labute approximate surface area is 164 Å². The van der Waals surface area contributed by atoms with E-state index in [1.54, 1.807) is 12.1 Å². The van der Waals surface area contributed by atoms with Crippen molar-refractivity contribution in [3.8, 4) is 0 Å². The van der Waals surface area contributed by atoms with Crippen LogP contribution >= 0.6 is 0 Å². The number of rotatable bonds is 7. The quantitative estimate of drug-likeness (QED) is 0.400. The number of anilines is 1. The molecule has 28 heavy (non-hydrogen) atoms. The maximum Gasteiger partial charge on any atom is 0.344 e. The molecule has 0 spiro atoms. The number of azo groups is 1. The van der Waals surface area contributed by atoms with Crippen molar-refractivity contribution in [2.24, 2.45) is 10.2 Å². The molecule has 2 rings (SSSR count). The van der Waals surface area contributed by atoms with Crippen LogP contribution < -0.4 is 4.90 Å². The zero-order valence-corrected chi connectivity index (χ0v) is 17.0. The van der Waals surface area contributed by atoms with Gasteiger partial charge in [0.05, 0.1) is 23.2 Å². The molecule has 0 aliphatic heterocycles. The fraction of sp³-hybridized carbons (Fsp3) is 0.211. The maximum atomic E-state index is 12.1. The van der Waals surface area contributed by atoms with Gasteiger partial charge in [-0.3, -0.25) is 0 Å². The Balaban J connectivity index is 2.02. The summed E-state index contributed by atoms with van der Waals surface area (Å²) in [5.41, 5.74) is 2.55. The average molecular weight is 402 g/mol. The van der Waals surface area contributed by atoms with Gasteiger partial charge >= 0.3 is 5.97 Å². The molecule has 0 radical (unpaired) electrons. The summed E-state index contributed by atoms with van der Waals surface area (Å²) in [5.74, 6) is -0.999. The van der Waals surface area contributed by atoms with E-state index in [1.165, 1.54) is 19.2 Å². The molecule has 9 heteroatoms. The van der Waals surface area contributed by atoms with E-state index in [2.05, 4.69) is 16.8 Å². The van der Waals surface area contributed by atoms with Crippen molar-refractivity contribution in [3.63, 3.8) is 0 Å².